The van der Waals surface area contributed by atoms with Crippen LogP contribution in [0.5, 0.6) is 0 Å². The molecule has 2 rings (SSSR count). The number of carbonyl (C=O) groups excluding carboxylic acids is 1. The molecule has 1 aromatic rings. The Labute approximate surface area is 102 Å². The molecule has 1 atom stereocenters. The zero-order valence-corrected chi connectivity index (χ0v) is 9.89. The van der Waals surface area contributed by atoms with Crippen molar-refractivity contribution in [1.29, 1.82) is 0 Å². The molecule has 3 nitrogen and oxygen atoms in total. The fourth-order valence-electron chi connectivity index (χ4n) is 2.21. The Morgan fingerprint density at radius 2 is 2.06 bits per heavy atom. The van der Waals surface area contributed by atoms with Crippen LogP contribution in [0.3, 0.4) is 0 Å². The SMILES string of the molecule is NC(=O)[C@H]1CCCC[C]1OCc1ccccc1. The summed E-state index contributed by atoms with van der Waals surface area (Å²) < 4.78 is 5.76. The van der Waals surface area contributed by atoms with Gasteiger partial charge in [-0.15, -0.1) is 0 Å². The van der Waals surface area contributed by atoms with Crippen LogP contribution in [0.15, 0.2) is 30.3 Å². The van der Waals surface area contributed by atoms with E-state index in [1.807, 2.05) is 30.3 Å². The average Bonchev–Trinajstić information content (AvgIpc) is 2.38. The second-order valence-corrected chi connectivity index (χ2v) is 4.44. The van der Waals surface area contributed by atoms with Crippen molar-refractivity contribution in [3.05, 3.63) is 42.0 Å². The van der Waals surface area contributed by atoms with E-state index >= 15 is 0 Å². The van der Waals surface area contributed by atoms with Gasteiger partial charge in [-0.05, 0) is 18.4 Å². The van der Waals surface area contributed by atoms with E-state index in [1.165, 1.54) is 0 Å². The van der Waals surface area contributed by atoms with Gasteiger partial charge in [0, 0.05) is 0 Å². The predicted molar refractivity (Wildman–Crippen MR) is 65.6 cm³/mol. The summed E-state index contributed by atoms with van der Waals surface area (Å²) in [5.74, 6) is -0.444. The second kappa shape index (κ2) is 5.82. The van der Waals surface area contributed by atoms with Gasteiger partial charge in [0.05, 0.1) is 12.5 Å². The van der Waals surface area contributed by atoms with Crippen LogP contribution in [0, 0.1) is 12.0 Å². The quantitative estimate of drug-likeness (QED) is 0.866. The molecule has 17 heavy (non-hydrogen) atoms. The van der Waals surface area contributed by atoms with E-state index in [0.717, 1.165) is 37.4 Å². The standard InChI is InChI=1S/C14H18NO2/c15-14(16)12-8-4-5-9-13(12)17-10-11-6-2-1-3-7-11/h1-3,6-7,12H,4-5,8-10H2,(H2,15,16)/t12-/m0/s1. The van der Waals surface area contributed by atoms with Crippen LogP contribution in [0.25, 0.3) is 0 Å². The van der Waals surface area contributed by atoms with Crippen LogP contribution in [-0.2, 0) is 16.1 Å². The Hall–Kier alpha value is -1.35. The van der Waals surface area contributed by atoms with E-state index in [9.17, 15) is 4.79 Å². The van der Waals surface area contributed by atoms with E-state index in [-0.39, 0.29) is 11.8 Å². The molecule has 1 amide bonds. The first-order valence-corrected chi connectivity index (χ1v) is 6.09. The number of amides is 1. The third-order valence-electron chi connectivity index (χ3n) is 3.17. The van der Waals surface area contributed by atoms with Crippen LogP contribution in [0.1, 0.15) is 31.2 Å². The number of hydrogen-bond acceptors (Lipinski definition) is 2. The number of rotatable bonds is 4. The lowest BCUT2D eigenvalue weighted by Crippen LogP contribution is -2.32. The molecule has 0 aromatic heterocycles. The molecule has 0 spiro atoms. The minimum absolute atomic E-state index is 0.188. The Balaban J connectivity index is 1.90. The third kappa shape index (κ3) is 3.30. The maximum absolute atomic E-state index is 11.3. The van der Waals surface area contributed by atoms with Crippen molar-refractivity contribution in [3.8, 4) is 0 Å². The van der Waals surface area contributed by atoms with Crippen molar-refractivity contribution in [2.75, 3.05) is 0 Å². The number of carbonyl (C=O) groups is 1. The first-order valence-electron chi connectivity index (χ1n) is 6.09. The first-order chi connectivity index (χ1) is 8.27. The number of ether oxygens (including phenoxy) is 1. The highest BCUT2D eigenvalue weighted by Gasteiger charge is 2.31. The molecule has 0 bridgehead atoms. The van der Waals surface area contributed by atoms with Gasteiger partial charge < -0.3 is 10.5 Å². The molecular formula is C14H18NO2. The van der Waals surface area contributed by atoms with Gasteiger partial charge in [-0.2, -0.15) is 0 Å². The van der Waals surface area contributed by atoms with Crippen LogP contribution in [-0.4, -0.2) is 5.91 Å². The summed E-state index contributed by atoms with van der Waals surface area (Å²) in [7, 11) is 0. The smallest absolute Gasteiger partial charge is 0.223 e. The lowest BCUT2D eigenvalue weighted by molar-refractivity contribution is -0.124. The lowest BCUT2D eigenvalue weighted by Gasteiger charge is -2.28. The van der Waals surface area contributed by atoms with Crippen molar-refractivity contribution in [2.24, 2.45) is 11.7 Å². The number of nitrogens with two attached hydrogens (primary N) is 1. The fraction of sp³-hybridized carbons (Fsp3) is 0.429. The van der Waals surface area contributed by atoms with Crippen molar-refractivity contribution in [1.82, 2.24) is 0 Å². The summed E-state index contributed by atoms with van der Waals surface area (Å²) in [6.07, 6.45) is 4.71. The Bertz CT molecular complexity index is 364. The highest BCUT2D eigenvalue weighted by molar-refractivity contribution is 5.78. The fourth-order valence-corrected chi connectivity index (χ4v) is 2.21. The van der Waals surface area contributed by atoms with Gasteiger partial charge in [0.1, 0.15) is 6.10 Å². The molecule has 1 aliphatic carbocycles. The minimum atomic E-state index is -0.257. The van der Waals surface area contributed by atoms with E-state index < -0.39 is 0 Å². The average molecular weight is 232 g/mol. The van der Waals surface area contributed by atoms with E-state index in [0.29, 0.717) is 6.61 Å². The predicted octanol–water partition coefficient (Wildman–Crippen LogP) is 2.41. The van der Waals surface area contributed by atoms with Crippen LogP contribution in [0.2, 0.25) is 0 Å². The highest BCUT2D eigenvalue weighted by atomic mass is 16.5. The second-order valence-electron chi connectivity index (χ2n) is 4.44. The molecule has 91 valence electrons. The number of primary amides is 1. The normalized spacial score (nSPS) is 21.3. The molecule has 0 heterocycles. The minimum Gasteiger partial charge on any atom is -0.369 e. The molecule has 0 unspecified atom stereocenters. The summed E-state index contributed by atoms with van der Waals surface area (Å²) in [5.41, 5.74) is 6.51. The van der Waals surface area contributed by atoms with E-state index in [1.54, 1.807) is 0 Å². The van der Waals surface area contributed by atoms with Gasteiger partial charge >= 0.3 is 0 Å². The summed E-state index contributed by atoms with van der Waals surface area (Å²) in [6, 6.07) is 9.97. The molecule has 1 radical (unpaired) electrons. The van der Waals surface area contributed by atoms with Crippen molar-refractivity contribution in [2.45, 2.75) is 32.3 Å². The molecule has 1 saturated carbocycles. The summed E-state index contributed by atoms with van der Waals surface area (Å²) in [5, 5.41) is 0. The Morgan fingerprint density at radius 3 is 2.76 bits per heavy atom. The molecule has 1 aromatic carbocycles. The molecule has 1 fully saturated rings. The van der Waals surface area contributed by atoms with Gasteiger partial charge in [-0.1, -0.05) is 43.2 Å². The Kier molecular flexibility index (Phi) is 4.15. The maximum Gasteiger partial charge on any atom is 0.223 e. The molecule has 0 saturated heterocycles. The molecule has 3 heteroatoms. The van der Waals surface area contributed by atoms with Crippen molar-refractivity contribution in [3.63, 3.8) is 0 Å². The van der Waals surface area contributed by atoms with E-state index in [2.05, 4.69) is 0 Å². The maximum atomic E-state index is 11.3. The third-order valence-corrected chi connectivity index (χ3v) is 3.17. The van der Waals surface area contributed by atoms with Crippen LogP contribution < -0.4 is 5.73 Å². The molecule has 0 aliphatic heterocycles. The van der Waals surface area contributed by atoms with E-state index in [4.69, 9.17) is 10.5 Å². The van der Waals surface area contributed by atoms with Gasteiger partial charge in [0.2, 0.25) is 5.91 Å². The lowest BCUT2D eigenvalue weighted by atomic mass is 9.86. The largest absolute Gasteiger partial charge is 0.369 e. The zero-order valence-electron chi connectivity index (χ0n) is 9.89. The van der Waals surface area contributed by atoms with Gasteiger partial charge in [0.25, 0.3) is 0 Å². The Morgan fingerprint density at radius 1 is 1.29 bits per heavy atom. The monoisotopic (exact) mass is 232 g/mol. The van der Waals surface area contributed by atoms with Gasteiger partial charge in [-0.25, -0.2) is 0 Å². The zero-order chi connectivity index (χ0) is 12.1. The molecular weight excluding hydrogens is 214 g/mol. The molecule has 1 aliphatic rings. The summed E-state index contributed by atoms with van der Waals surface area (Å²) >= 11 is 0. The summed E-state index contributed by atoms with van der Waals surface area (Å²) in [4.78, 5) is 11.3. The number of hydrogen-bond donors (Lipinski definition) is 1. The van der Waals surface area contributed by atoms with Crippen LogP contribution >= 0.6 is 0 Å². The summed E-state index contributed by atoms with van der Waals surface area (Å²) in [6.45, 7) is 0.528. The highest BCUT2D eigenvalue weighted by Crippen LogP contribution is 2.33. The topological polar surface area (TPSA) is 52.3 Å². The van der Waals surface area contributed by atoms with Gasteiger partial charge in [0.15, 0.2) is 0 Å². The van der Waals surface area contributed by atoms with Crippen molar-refractivity contribution >= 4 is 5.91 Å². The first kappa shape index (κ1) is 12.1. The number of benzene rings is 1. The van der Waals surface area contributed by atoms with Crippen LogP contribution in [0.4, 0.5) is 0 Å². The van der Waals surface area contributed by atoms with Gasteiger partial charge in [-0.3, -0.25) is 4.79 Å². The molecule has 2 N–H and O–H groups in total. The van der Waals surface area contributed by atoms with Crippen molar-refractivity contribution < 1.29 is 9.53 Å².